The average Bonchev–Trinajstić information content (AvgIpc) is 2.84. The van der Waals surface area contributed by atoms with Crippen LogP contribution in [0.1, 0.15) is 48.7 Å². The van der Waals surface area contributed by atoms with E-state index in [9.17, 15) is 0 Å². The van der Waals surface area contributed by atoms with E-state index in [1.165, 1.54) is 4.88 Å². The summed E-state index contributed by atoms with van der Waals surface area (Å²) < 4.78 is 5.80. The molecule has 3 atom stereocenters. The highest BCUT2D eigenvalue weighted by Gasteiger charge is 2.26. The van der Waals surface area contributed by atoms with E-state index in [0.717, 1.165) is 17.8 Å². The molecule has 15 heavy (non-hydrogen) atoms. The van der Waals surface area contributed by atoms with Crippen LogP contribution in [0.25, 0.3) is 0 Å². The van der Waals surface area contributed by atoms with Gasteiger partial charge in [0.2, 0.25) is 0 Å². The molecule has 1 aromatic heterocycles. The summed E-state index contributed by atoms with van der Waals surface area (Å²) in [6, 6.07) is 0.384. The zero-order chi connectivity index (χ0) is 10.8. The summed E-state index contributed by atoms with van der Waals surface area (Å²) in [5.41, 5.74) is 0. The molecule has 2 heterocycles. The maximum absolute atomic E-state index is 5.80. The van der Waals surface area contributed by atoms with Crippen LogP contribution in [0.2, 0.25) is 0 Å². The van der Waals surface area contributed by atoms with Crippen LogP contribution in [-0.4, -0.2) is 18.1 Å². The normalized spacial score (nSPS) is 28.2. The Kier molecular flexibility index (Phi) is 3.38. The molecule has 0 radical (unpaired) electrons. The van der Waals surface area contributed by atoms with Crippen LogP contribution in [0.5, 0.6) is 0 Å². The Hall–Kier alpha value is -0.450. The second-order valence-electron chi connectivity index (χ2n) is 4.12. The van der Waals surface area contributed by atoms with E-state index in [1.54, 1.807) is 11.3 Å². The highest BCUT2D eigenvalue weighted by molar-refractivity contribution is 7.11. The van der Waals surface area contributed by atoms with E-state index in [1.807, 2.05) is 13.2 Å². The maximum atomic E-state index is 5.80. The fourth-order valence-corrected chi connectivity index (χ4v) is 2.83. The summed E-state index contributed by atoms with van der Waals surface area (Å²) in [6.07, 6.45) is 4.86. The number of aromatic nitrogens is 1. The van der Waals surface area contributed by atoms with Gasteiger partial charge >= 0.3 is 0 Å². The molecule has 1 saturated heterocycles. The Morgan fingerprint density at radius 3 is 3.00 bits per heavy atom. The molecule has 1 N–H and O–H groups in total. The molecule has 4 heteroatoms. The van der Waals surface area contributed by atoms with Gasteiger partial charge in [-0.2, -0.15) is 0 Å². The van der Waals surface area contributed by atoms with Crippen molar-refractivity contribution in [3.8, 4) is 0 Å². The largest absolute Gasteiger partial charge is 0.368 e. The van der Waals surface area contributed by atoms with Gasteiger partial charge in [-0.3, -0.25) is 0 Å². The maximum Gasteiger partial charge on any atom is 0.122 e. The van der Waals surface area contributed by atoms with Crippen LogP contribution < -0.4 is 5.32 Å². The van der Waals surface area contributed by atoms with Crippen molar-refractivity contribution in [1.29, 1.82) is 0 Å². The fraction of sp³-hybridized carbons (Fsp3) is 0.727. The highest BCUT2D eigenvalue weighted by atomic mass is 32.1. The lowest BCUT2D eigenvalue weighted by atomic mass is 10.2. The third kappa shape index (κ3) is 2.38. The molecule has 1 fully saturated rings. The Labute approximate surface area is 94.9 Å². The summed E-state index contributed by atoms with van der Waals surface area (Å²) in [4.78, 5) is 5.74. The Morgan fingerprint density at radius 1 is 1.60 bits per heavy atom. The summed E-state index contributed by atoms with van der Waals surface area (Å²) in [6.45, 7) is 4.28. The van der Waals surface area contributed by atoms with Crippen molar-refractivity contribution in [2.24, 2.45) is 0 Å². The van der Waals surface area contributed by atoms with Gasteiger partial charge in [-0.05, 0) is 33.7 Å². The van der Waals surface area contributed by atoms with Gasteiger partial charge in [-0.1, -0.05) is 0 Å². The van der Waals surface area contributed by atoms with E-state index < -0.39 is 0 Å². The molecular weight excluding hydrogens is 208 g/mol. The molecule has 0 aromatic carbocycles. The van der Waals surface area contributed by atoms with Crippen molar-refractivity contribution in [3.05, 3.63) is 16.1 Å². The number of ether oxygens (including phenoxy) is 1. The zero-order valence-electron chi connectivity index (χ0n) is 9.49. The number of rotatable bonds is 3. The fourth-order valence-electron chi connectivity index (χ4n) is 1.78. The van der Waals surface area contributed by atoms with Crippen LogP contribution in [-0.2, 0) is 4.74 Å². The zero-order valence-corrected chi connectivity index (χ0v) is 10.3. The van der Waals surface area contributed by atoms with Crippen LogP contribution in [0.15, 0.2) is 6.20 Å². The number of hydrogen-bond donors (Lipinski definition) is 1. The van der Waals surface area contributed by atoms with Crippen LogP contribution >= 0.6 is 11.3 Å². The minimum Gasteiger partial charge on any atom is -0.368 e. The average molecular weight is 226 g/mol. The number of nitrogens with one attached hydrogen (secondary N) is 1. The van der Waals surface area contributed by atoms with Crippen molar-refractivity contribution < 1.29 is 4.74 Å². The number of hydrogen-bond acceptors (Lipinski definition) is 4. The molecule has 0 aliphatic carbocycles. The lowest BCUT2D eigenvalue weighted by Gasteiger charge is -2.08. The molecule has 0 bridgehead atoms. The van der Waals surface area contributed by atoms with Crippen molar-refractivity contribution in [1.82, 2.24) is 10.3 Å². The summed E-state index contributed by atoms with van der Waals surface area (Å²) in [5.74, 6) is 0. The predicted octanol–water partition coefficient (Wildman–Crippen LogP) is 2.66. The molecule has 1 aromatic rings. The minimum atomic E-state index is 0.239. The third-order valence-electron chi connectivity index (χ3n) is 2.91. The van der Waals surface area contributed by atoms with Gasteiger partial charge in [0.25, 0.3) is 0 Å². The third-order valence-corrected chi connectivity index (χ3v) is 4.18. The quantitative estimate of drug-likeness (QED) is 0.860. The lowest BCUT2D eigenvalue weighted by Crippen LogP contribution is -2.10. The van der Waals surface area contributed by atoms with Crippen molar-refractivity contribution in [2.45, 2.75) is 44.9 Å². The van der Waals surface area contributed by atoms with Crippen molar-refractivity contribution >= 4 is 11.3 Å². The monoisotopic (exact) mass is 226 g/mol. The van der Waals surface area contributed by atoms with E-state index in [0.29, 0.717) is 12.1 Å². The lowest BCUT2D eigenvalue weighted by molar-refractivity contribution is 0.0554. The molecule has 0 saturated carbocycles. The van der Waals surface area contributed by atoms with Crippen LogP contribution in [0.4, 0.5) is 0 Å². The van der Waals surface area contributed by atoms with Gasteiger partial charge in [-0.25, -0.2) is 4.98 Å². The summed E-state index contributed by atoms with van der Waals surface area (Å²) >= 11 is 1.77. The van der Waals surface area contributed by atoms with E-state index in [-0.39, 0.29) is 6.10 Å². The molecule has 0 spiro atoms. The first-order valence-electron chi connectivity index (χ1n) is 5.49. The molecule has 2 rings (SSSR count). The first kappa shape index (κ1) is 11.0. The van der Waals surface area contributed by atoms with Crippen LogP contribution in [0, 0.1) is 0 Å². The molecule has 3 nitrogen and oxygen atoms in total. The number of nitrogens with zero attached hydrogens (tertiary/aromatic N) is 1. The first-order chi connectivity index (χ1) is 7.20. The molecule has 84 valence electrons. The standard InChI is InChI=1S/C11H18N2OS/c1-7-4-5-9(14-7)11-13-6-10(15-11)8(2)12-3/h6-9,12H,4-5H2,1-3H3. The van der Waals surface area contributed by atoms with E-state index in [2.05, 4.69) is 24.1 Å². The van der Waals surface area contributed by atoms with E-state index in [4.69, 9.17) is 4.74 Å². The van der Waals surface area contributed by atoms with Crippen molar-refractivity contribution in [2.75, 3.05) is 7.05 Å². The second kappa shape index (κ2) is 4.60. The Bertz CT molecular complexity index is 326. The summed E-state index contributed by atoms with van der Waals surface area (Å²) in [5, 5.41) is 4.36. The second-order valence-corrected chi connectivity index (χ2v) is 5.22. The molecule has 0 amide bonds. The first-order valence-corrected chi connectivity index (χ1v) is 6.30. The van der Waals surface area contributed by atoms with Gasteiger partial charge < -0.3 is 10.1 Å². The topological polar surface area (TPSA) is 34.2 Å². The molecule has 1 aliphatic heterocycles. The van der Waals surface area contributed by atoms with Gasteiger partial charge in [0.15, 0.2) is 0 Å². The highest BCUT2D eigenvalue weighted by Crippen LogP contribution is 2.35. The molecule has 1 aliphatic rings. The smallest absolute Gasteiger partial charge is 0.122 e. The van der Waals surface area contributed by atoms with Crippen molar-refractivity contribution in [3.63, 3.8) is 0 Å². The van der Waals surface area contributed by atoms with E-state index >= 15 is 0 Å². The van der Waals surface area contributed by atoms with Gasteiger partial charge in [0, 0.05) is 17.1 Å². The predicted molar refractivity (Wildman–Crippen MR) is 62.1 cm³/mol. The van der Waals surface area contributed by atoms with Gasteiger partial charge in [0.1, 0.15) is 11.1 Å². The Balaban J connectivity index is 2.07. The minimum absolute atomic E-state index is 0.239. The number of thiazole rings is 1. The SMILES string of the molecule is CNC(C)c1cnc(C2CCC(C)O2)s1. The van der Waals surface area contributed by atoms with Gasteiger partial charge in [-0.15, -0.1) is 11.3 Å². The van der Waals surface area contributed by atoms with Gasteiger partial charge in [0.05, 0.1) is 6.10 Å². The van der Waals surface area contributed by atoms with Crippen LogP contribution in [0.3, 0.4) is 0 Å². The summed E-state index contributed by atoms with van der Waals surface area (Å²) in [7, 11) is 1.97. The molecular formula is C11H18N2OS. The molecule has 3 unspecified atom stereocenters. The Morgan fingerprint density at radius 2 is 2.40 bits per heavy atom.